The highest BCUT2D eigenvalue weighted by Crippen LogP contribution is 2.38. The summed E-state index contributed by atoms with van der Waals surface area (Å²) in [5, 5.41) is 2.77. The summed E-state index contributed by atoms with van der Waals surface area (Å²) in [5.74, 6) is -1.23. The number of benzene rings is 1. The monoisotopic (exact) mass is 435 g/mol. The number of hydrogen-bond acceptors (Lipinski definition) is 5. The third-order valence-corrected chi connectivity index (χ3v) is 5.83. The second-order valence-electron chi connectivity index (χ2n) is 8.22. The van der Waals surface area contributed by atoms with E-state index in [9.17, 15) is 18.8 Å². The maximum absolute atomic E-state index is 13.4. The molecule has 0 aliphatic carbocycles. The zero-order valence-electron chi connectivity index (χ0n) is 18.2. The Bertz CT molecular complexity index is 806. The molecule has 3 rings (SSSR count). The van der Waals surface area contributed by atoms with Crippen molar-refractivity contribution >= 4 is 17.7 Å². The summed E-state index contributed by atoms with van der Waals surface area (Å²) in [7, 11) is 1.54. The maximum atomic E-state index is 13.4. The summed E-state index contributed by atoms with van der Waals surface area (Å²) in [5.41, 5.74) is -0.704. The normalized spacial score (nSPS) is 20.4. The van der Waals surface area contributed by atoms with Gasteiger partial charge >= 0.3 is 0 Å². The number of rotatable bonds is 6. The van der Waals surface area contributed by atoms with Crippen LogP contribution < -0.4 is 5.32 Å². The first-order valence-electron chi connectivity index (χ1n) is 10.6. The van der Waals surface area contributed by atoms with E-state index in [2.05, 4.69) is 5.32 Å². The summed E-state index contributed by atoms with van der Waals surface area (Å²) < 4.78 is 24.4. The van der Waals surface area contributed by atoms with Crippen molar-refractivity contribution in [2.45, 2.75) is 38.5 Å². The van der Waals surface area contributed by atoms with Crippen LogP contribution in [0.4, 0.5) is 4.39 Å². The van der Waals surface area contributed by atoms with Crippen molar-refractivity contribution in [3.63, 3.8) is 0 Å². The van der Waals surface area contributed by atoms with E-state index in [-0.39, 0.29) is 29.9 Å². The Morgan fingerprint density at radius 3 is 2.45 bits per heavy atom. The molecule has 2 heterocycles. The average Bonchev–Trinajstić information content (AvgIpc) is 3.12. The van der Waals surface area contributed by atoms with Crippen molar-refractivity contribution in [3.05, 3.63) is 35.6 Å². The molecule has 3 amide bonds. The molecule has 31 heavy (non-hydrogen) atoms. The van der Waals surface area contributed by atoms with Gasteiger partial charge in [0.15, 0.2) is 0 Å². The summed E-state index contributed by atoms with van der Waals surface area (Å²) in [6.45, 7) is 5.29. The Morgan fingerprint density at radius 1 is 1.23 bits per heavy atom. The van der Waals surface area contributed by atoms with Gasteiger partial charge in [0.05, 0.1) is 13.2 Å². The van der Waals surface area contributed by atoms with Crippen LogP contribution in [0.5, 0.6) is 0 Å². The third-order valence-electron chi connectivity index (χ3n) is 5.83. The summed E-state index contributed by atoms with van der Waals surface area (Å²) in [4.78, 5) is 41.9. The molecule has 1 atom stereocenters. The van der Waals surface area contributed by atoms with Gasteiger partial charge in [-0.1, -0.05) is 13.8 Å². The van der Waals surface area contributed by atoms with Crippen LogP contribution in [0.15, 0.2) is 24.3 Å². The average molecular weight is 435 g/mol. The van der Waals surface area contributed by atoms with Gasteiger partial charge in [0.2, 0.25) is 11.8 Å². The lowest BCUT2D eigenvalue weighted by Crippen LogP contribution is -2.60. The molecule has 2 aliphatic heterocycles. The Labute approximate surface area is 181 Å². The number of hydrogen-bond donors (Lipinski definition) is 1. The van der Waals surface area contributed by atoms with Crippen LogP contribution in [-0.2, 0) is 19.1 Å². The van der Waals surface area contributed by atoms with E-state index in [4.69, 9.17) is 9.47 Å². The lowest BCUT2D eigenvalue weighted by atomic mass is 9.95. The lowest BCUT2D eigenvalue weighted by molar-refractivity contribution is -0.146. The van der Waals surface area contributed by atoms with Gasteiger partial charge in [-0.15, -0.1) is 0 Å². The summed E-state index contributed by atoms with van der Waals surface area (Å²) in [6.07, 6.45) is 0.806. The third kappa shape index (κ3) is 4.88. The molecule has 0 saturated carbocycles. The molecule has 2 fully saturated rings. The largest absolute Gasteiger partial charge is 0.383 e. The lowest BCUT2D eigenvalue weighted by Gasteiger charge is -2.44. The molecule has 1 N–H and O–H groups in total. The van der Waals surface area contributed by atoms with Crippen LogP contribution >= 0.6 is 0 Å². The number of amides is 3. The zero-order valence-corrected chi connectivity index (χ0v) is 18.2. The maximum Gasteiger partial charge on any atom is 0.256 e. The number of nitrogens with one attached hydrogen (secondary N) is 1. The molecule has 1 unspecified atom stereocenters. The van der Waals surface area contributed by atoms with Crippen LogP contribution in [0, 0.1) is 11.7 Å². The minimum absolute atomic E-state index is 0.0538. The quantitative estimate of drug-likeness (QED) is 0.683. The van der Waals surface area contributed by atoms with Crippen LogP contribution in [0.2, 0.25) is 0 Å². The van der Waals surface area contributed by atoms with Crippen LogP contribution in [0.1, 0.15) is 37.0 Å². The topological polar surface area (TPSA) is 88.2 Å². The van der Waals surface area contributed by atoms with Crippen LogP contribution in [0.3, 0.4) is 0 Å². The number of halogens is 1. The number of likely N-dealkylation sites (tertiary alicyclic amines) is 1. The van der Waals surface area contributed by atoms with Gasteiger partial charge in [-0.25, -0.2) is 4.39 Å². The Morgan fingerprint density at radius 2 is 1.87 bits per heavy atom. The highest BCUT2D eigenvalue weighted by molar-refractivity contribution is 5.98. The smallest absolute Gasteiger partial charge is 0.256 e. The Kier molecular flexibility index (Phi) is 7.27. The van der Waals surface area contributed by atoms with Crippen LogP contribution in [-0.4, -0.2) is 79.2 Å². The van der Waals surface area contributed by atoms with Crippen LogP contribution in [0.25, 0.3) is 0 Å². The summed E-state index contributed by atoms with van der Waals surface area (Å²) >= 11 is 0. The van der Waals surface area contributed by atoms with Crippen molar-refractivity contribution in [1.82, 2.24) is 15.1 Å². The number of nitrogens with zero attached hydrogens (tertiary/aromatic N) is 2. The van der Waals surface area contributed by atoms with E-state index in [0.717, 1.165) is 0 Å². The molecule has 2 saturated heterocycles. The molecule has 1 spiro atoms. The molecule has 170 valence electrons. The fraction of sp³-hybridized carbons (Fsp3) is 0.591. The SMILES string of the molecule is COCCNC(=O)C1COC2(CCN(C(=O)C(C)C)CC2)N1C(=O)c1ccc(F)cc1. The number of methoxy groups -OCH3 is 1. The summed E-state index contributed by atoms with van der Waals surface area (Å²) in [6, 6.07) is 4.42. The van der Waals surface area contributed by atoms with Gasteiger partial charge in [0, 0.05) is 51.1 Å². The number of piperidine rings is 1. The van der Waals surface area contributed by atoms with E-state index in [1.807, 2.05) is 13.8 Å². The van der Waals surface area contributed by atoms with Gasteiger partial charge in [-0.05, 0) is 24.3 Å². The fourth-order valence-corrected chi connectivity index (χ4v) is 4.13. The van der Waals surface area contributed by atoms with Crippen molar-refractivity contribution in [2.75, 3.05) is 40.0 Å². The fourth-order valence-electron chi connectivity index (χ4n) is 4.13. The molecule has 2 aliphatic rings. The second kappa shape index (κ2) is 9.74. The molecule has 9 heteroatoms. The van der Waals surface area contributed by atoms with Gasteiger partial charge in [0.1, 0.15) is 17.6 Å². The second-order valence-corrected chi connectivity index (χ2v) is 8.22. The number of ether oxygens (including phenoxy) is 2. The first-order valence-corrected chi connectivity index (χ1v) is 10.6. The highest BCUT2D eigenvalue weighted by Gasteiger charge is 2.54. The first kappa shape index (κ1) is 23.1. The standard InChI is InChI=1S/C22H30FN3O5/c1-15(2)20(28)25-11-8-22(9-12-25)26(21(29)16-4-6-17(23)7-5-16)18(14-31-22)19(27)24-10-13-30-3/h4-7,15,18H,8-14H2,1-3H3,(H,24,27). The van der Waals surface area contributed by atoms with Gasteiger partial charge in [0.25, 0.3) is 5.91 Å². The molecule has 8 nitrogen and oxygen atoms in total. The first-order chi connectivity index (χ1) is 14.8. The van der Waals surface area contributed by atoms with E-state index in [1.54, 1.807) is 4.90 Å². The predicted molar refractivity (Wildman–Crippen MR) is 111 cm³/mol. The molecule has 0 radical (unpaired) electrons. The molecule has 1 aromatic rings. The van der Waals surface area contributed by atoms with E-state index in [0.29, 0.717) is 39.1 Å². The molecule has 0 aromatic heterocycles. The van der Waals surface area contributed by atoms with Crippen molar-refractivity contribution in [3.8, 4) is 0 Å². The van der Waals surface area contributed by atoms with E-state index >= 15 is 0 Å². The van der Waals surface area contributed by atoms with Crippen molar-refractivity contribution in [1.29, 1.82) is 0 Å². The van der Waals surface area contributed by atoms with Gasteiger partial charge in [-0.2, -0.15) is 0 Å². The van der Waals surface area contributed by atoms with Crippen molar-refractivity contribution in [2.24, 2.45) is 5.92 Å². The molecule has 0 bridgehead atoms. The zero-order chi connectivity index (χ0) is 22.6. The van der Waals surface area contributed by atoms with Gasteiger partial charge in [-0.3, -0.25) is 19.3 Å². The number of carbonyl (C=O) groups is 3. The Hall–Kier alpha value is -2.52. The highest BCUT2D eigenvalue weighted by atomic mass is 19.1. The van der Waals surface area contributed by atoms with Crippen molar-refractivity contribution < 1.29 is 28.2 Å². The molecule has 1 aromatic carbocycles. The van der Waals surface area contributed by atoms with E-state index in [1.165, 1.54) is 36.3 Å². The molecular weight excluding hydrogens is 405 g/mol. The Balaban J connectivity index is 1.84. The number of carbonyl (C=O) groups excluding carboxylic acids is 3. The van der Waals surface area contributed by atoms with Gasteiger partial charge < -0.3 is 19.7 Å². The minimum Gasteiger partial charge on any atom is -0.383 e. The minimum atomic E-state index is -0.984. The van der Waals surface area contributed by atoms with E-state index < -0.39 is 23.5 Å². The predicted octanol–water partition coefficient (Wildman–Crippen LogP) is 1.40. The molecular formula is C22H30FN3O5.